The molecule has 0 atom stereocenters. The summed E-state index contributed by atoms with van der Waals surface area (Å²) in [7, 11) is 0. The van der Waals surface area contributed by atoms with Crippen molar-refractivity contribution in [2.75, 3.05) is 5.32 Å². The van der Waals surface area contributed by atoms with Crippen molar-refractivity contribution < 1.29 is 9.90 Å². The standard InChI is InChI=1S/C17H13ClN2O2/c18-13-6-2-4-8-15(13)20-16-9-11(10-17(21)22)19-14-7-3-1-5-12(14)16/h1-9H,10H2,(H,19,20)(H,21,22). The summed E-state index contributed by atoms with van der Waals surface area (Å²) < 4.78 is 0. The van der Waals surface area contributed by atoms with Crippen LogP contribution in [-0.2, 0) is 11.2 Å². The fraction of sp³-hybridized carbons (Fsp3) is 0.0588. The molecular weight excluding hydrogens is 300 g/mol. The maximum Gasteiger partial charge on any atom is 0.309 e. The van der Waals surface area contributed by atoms with Gasteiger partial charge in [-0.25, -0.2) is 0 Å². The Morgan fingerprint density at radius 3 is 2.59 bits per heavy atom. The lowest BCUT2D eigenvalue weighted by Crippen LogP contribution is -2.04. The maximum atomic E-state index is 10.9. The van der Waals surface area contributed by atoms with Crippen LogP contribution in [0.3, 0.4) is 0 Å². The van der Waals surface area contributed by atoms with Gasteiger partial charge in [0.05, 0.1) is 28.3 Å². The van der Waals surface area contributed by atoms with Crippen LogP contribution in [0.1, 0.15) is 5.69 Å². The number of carboxylic acids is 1. The summed E-state index contributed by atoms with van der Waals surface area (Å²) in [4.78, 5) is 15.3. The average Bonchev–Trinajstić information content (AvgIpc) is 2.49. The first-order valence-electron chi connectivity index (χ1n) is 6.75. The van der Waals surface area contributed by atoms with E-state index < -0.39 is 5.97 Å². The molecule has 0 amide bonds. The lowest BCUT2D eigenvalue weighted by Gasteiger charge is -2.12. The molecule has 2 aromatic carbocycles. The first-order valence-corrected chi connectivity index (χ1v) is 7.13. The number of halogens is 1. The van der Waals surface area contributed by atoms with Gasteiger partial charge in [0, 0.05) is 11.1 Å². The van der Waals surface area contributed by atoms with Crippen molar-refractivity contribution >= 4 is 39.8 Å². The topological polar surface area (TPSA) is 62.2 Å². The zero-order chi connectivity index (χ0) is 15.5. The molecule has 1 heterocycles. The summed E-state index contributed by atoms with van der Waals surface area (Å²) in [5, 5.41) is 13.8. The number of rotatable bonds is 4. The Morgan fingerprint density at radius 1 is 1.09 bits per heavy atom. The van der Waals surface area contributed by atoms with Crippen molar-refractivity contribution in [3.8, 4) is 0 Å². The second-order valence-electron chi connectivity index (χ2n) is 4.85. The molecule has 0 unspecified atom stereocenters. The number of nitrogens with one attached hydrogen (secondary N) is 1. The van der Waals surface area contributed by atoms with Gasteiger partial charge in [-0.2, -0.15) is 0 Å². The molecule has 5 heteroatoms. The van der Waals surface area contributed by atoms with Crippen LogP contribution in [0.15, 0.2) is 54.6 Å². The number of benzene rings is 2. The lowest BCUT2D eigenvalue weighted by molar-refractivity contribution is -0.136. The largest absolute Gasteiger partial charge is 0.481 e. The lowest BCUT2D eigenvalue weighted by atomic mass is 10.1. The molecule has 3 rings (SSSR count). The van der Waals surface area contributed by atoms with Crippen molar-refractivity contribution in [1.82, 2.24) is 4.98 Å². The quantitative estimate of drug-likeness (QED) is 0.755. The van der Waals surface area contributed by atoms with E-state index in [1.54, 1.807) is 12.1 Å². The molecule has 0 aliphatic carbocycles. The van der Waals surface area contributed by atoms with Crippen molar-refractivity contribution in [2.45, 2.75) is 6.42 Å². The number of aliphatic carboxylic acids is 1. The number of pyridine rings is 1. The first kappa shape index (κ1) is 14.4. The van der Waals surface area contributed by atoms with Crippen LogP contribution in [0.4, 0.5) is 11.4 Å². The van der Waals surface area contributed by atoms with Gasteiger partial charge in [-0.15, -0.1) is 0 Å². The molecule has 0 saturated heterocycles. The van der Waals surface area contributed by atoms with Gasteiger partial charge in [0.25, 0.3) is 0 Å². The number of hydrogen-bond acceptors (Lipinski definition) is 3. The number of hydrogen-bond donors (Lipinski definition) is 2. The third-order valence-corrected chi connectivity index (χ3v) is 3.57. The highest BCUT2D eigenvalue weighted by Gasteiger charge is 2.09. The van der Waals surface area contributed by atoms with Gasteiger partial charge >= 0.3 is 5.97 Å². The molecule has 0 aliphatic rings. The summed E-state index contributed by atoms with van der Waals surface area (Å²) >= 11 is 6.18. The fourth-order valence-corrected chi connectivity index (χ4v) is 2.47. The van der Waals surface area contributed by atoms with E-state index >= 15 is 0 Å². The molecule has 2 N–H and O–H groups in total. The van der Waals surface area contributed by atoms with E-state index in [0.29, 0.717) is 10.7 Å². The minimum atomic E-state index is -0.911. The Morgan fingerprint density at radius 2 is 1.82 bits per heavy atom. The highest BCUT2D eigenvalue weighted by atomic mass is 35.5. The van der Waals surface area contributed by atoms with Crippen molar-refractivity contribution in [2.24, 2.45) is 0 Å². The molecule has 110 valence electrons. The number of aromatic nitrogens is 1. The second-order valence-corrected chi connectivity index (χ2v) is 5.26. The highest BCUT2D eigenvalue weighted by Crippen LogP contribution is 2.30. The van der Waals surface area contributed by atoms with E-state index in [1.165, 1.54) is 0 Å². The minimum absolute atomic E-state index is 0.123. The summed E-state index contributed by atoms with van der Waals surface area (Å²) in [5.41, 5.74) is 2.80. The van der Waals surface area contributed by atoms with Crippen molar-refractivity contribution in [3.63, 3.8) is 0 Å². The Labute approximate surface area is 132 Å². The van der Waals surface area contributed by atoms with Gasteiger partial charge in [0.1, 0.15) is 0 Å². The highest BCUT2D eigenvalue weighted by molar-refractivity contribution is 6.33. The van der Waals surface area contributed by atoms with E-state index in [0.717, 1.165) is 22.3 Å². The number of fused-ring (bicyclic) bond motifs is 1. The van der Waals surface area contributed by atoms with E-state index in [2.05, 4.69) is 10.3 Å². The van der Waals surface area contributed by atoms with E-state index in [4.69, 9.17) is 16.7 Å². The Bertz CT molecular complexity index is 849. The van der Waals surface area contributed by atoms with Gasteiger partial charge in [0.2, 0.25) is 0 Å². The van der Waals surface area contributed by atoms with Crippen LogP contribution >= 0.6 is 11.6 Å². The summed E-state index contributed by atoms with van der Waals surface area (Å²) in [6.07, 6.45) is -0.123. The van der Waals surface area contributed by atoms with Crippen LogP contribution in [-0.4, -0.2) is 16.1 Å². The number of anilines is 2. The minimum Gasteiger partial charge on any atom is -0.481 e. The SMILES string of the molecule is O=C(O)Cc1cc(Nc2ccccc2Cl)c2ccccc2n1. The molecule has 0 radical (unpaired) electrons. The smallest absolute Gasteiger partial charge is 0.309 e. The van der Waals surface area contributed by atoms with Crippen LogP contribution in [0.5, 0.6) is 0 Å². The Hall–Kier alpha value is -2.59. The molecule has 22 heavy (non-hydrogen) atoms. The van der Waals surface area contributed by atoms with Crippen LogP contribution in [0.25, 0.3) is 10.9 Å². The Kier molecular flexibility index (Phi) is 3.94. The van der Waals surface area contributed by atoms with Gasteiger partial charge in [-0.1, -0.05) is 41.9 Å². The maximum absolute atomic E-state index is 10.9. The number of nitrogens with zero attached hydrogens (tertiary/aromatic N) is 1. The van der Waals surface area contributed by atoms with Crippen molar-refractivity contribution in [3.05, 3.63) is 65.3 Å². The first-order chi connectivity index (χ1) is 10.6. The predicted octanol–water partition coefficient (Wildman–Crippen LogP) is 4.26. The molecule has 3 aromatic rings. The zero-order valence-electron chi connectivity index (χ0n) is 11.6. The third kappa shape index (κ3) is 3.02. The predicted molar refractivity (Wildman–Crippen MR) is 87.8 cm³/mol. The molecular formula is C17H13ClN2O2. The molecule has 0 aliphatic heterocycles. The van der Waals surface area contributed by atoms with E-state index in [9.17, 15) is 4.79 Å². The molecule has 1 aromatic heterocycles. The molecule has 4 nitrogen and oxygen atoms in total. The van der Waals surface area contributed by atoms with Crippen LogP contribution < -0.4 is 5.32 Å². The van der Waals surface area contributed by atoms with Gasteiger partial charge < -0.3 is 10.4 Å². The number of carbonyl (C=O) groups is 1. The summed E-state index contributed by atoms with van der Waals surface area (Å²) in [6, 6.07) is 16.7. The average molecular weight is 313 g/mol. The van der Waals surface area contributed by atoms with Crippen LogP contribution in [0, 0.1) is 0 Å². The van der Waals surface area contributed by atoms with Gasteiger partial charge in [-0.3, -0.25) is 9.78 Å². The number of para-hydroxylation sites is 2. The molecule has 0 bridgehead atoms. The summed E-state index contributed by atoms with van der Waals surface area (Å²) in [6.45, 7) is 0. The van der Waals surface area contributed by atoms with Gasteiger partial charge in [0.15, 0.2) is 0 Å². The zero-order valence-corrected chi connectivity index (χ0v) is 12.3. The molecule has 0 saturated carbocycles. The second kappa shape index (κ2) is 6.03. The van der Waals surface area contributed by atoms with Crippen molar-refractivity contribution in [1.29, 1.82) is 0 Å². The number of carboxylic acid groups (broad SMARTS) is 1. The fourth-order valence-electron chi connectivity index (χ4n) is 2.29. The van der Waals surface area contributed by atoms with E-state index in [1.807, 2.05) is 42.5 Å². The molecule has 0 fully saturated rings. The molecule has 0 spiro atoms. The summed E-state index contributed by atoms with van der Waals surface area (Å²) in [5.74, 6) is -0.911. The van der Waals surface area contributed by atoms with Gasteiger partial charge in [-0.05, 0) is 24.3 Å². The third-order valence-electron chi connectivity index (χ3n) is 3.24. The monoisotopic (exact) mass is 312 g/mol. The van der Waals surface area contributed by atoms with Crippen LogP contribution in [0.2, 0.25) is 5.02 Å². The normalized spacial score (nSPS) is 10.6. The Balaban J connectivity index is 2.10. The van der Waals surface area contributed by atoms with E-state index in [-0.39, 0.29) is 6.42 Å².